The number of likely N-dealkylation sites (tertiary alicyclic amines) is 2. The molecule has 4 aliphatic heterocycles. The number of anilines is 1. The van der Waals surface area contributed by atoms with Crippen molar-refractivity contribution in [1.29, 1.82) is 0 Å². The molecule has 5 heterocycles. The summed E-state index contributed by atoms with van der Waals surface area (Å²) in [6.45, 7) is 8.23. The number of methoxy groups -OCH3 is 2. The third kappa shape index (κ3) is 6.31. The number of piperidine rings is 1. The molecule has 278 valence electrons. The summed E-state index contributed by atoms with van der Waals surface area (Å²) in [7, 11) is -1.88. The summed E-state index contributed by atoms with van der Waals surface area (Å²) in [4.78, 5) is 40.1. The summed E-state index contributed by atoms with van der Waals surface area (Å²) in [6, 6.07) is 12.0. The normalized spacial score (nSPS) is 21.8. The van der Waals surface area contributed by atoms with E-state index in [1.54, 1.807) is 24.0 Å². The number of halogens is 1. The lowest BCUT2D eigenvalue weighted by Gasteiger charge is -2.49. The van der Waals surface area contributed by atoms with Crippen molar-refractivity contribution in [3.63, 3.8) is 0 Å². The second-order valence-electron chi connectivity index (χ2n) is 13.2. The first-order valence-corrected chi connectivity index (χ1v) is 19.3. The lowest BCUT2D eigenvalue weighted by Crippen LogP contribution is -2.67. The van der Waals surface area contributed by atoms with Crippen LogP contribution in [-0.4, -0.2) is 125 Å². The number of carbonyl (C=O) groups excluding carboxylic acids is 2. The summed E-state index contributed by atoms with van der Waals surface area (Å²) < 4.78 is 52.0. The van der Waals surface area contributed by atoms with E-state index >= 15 is 4.79 Å². The van der Waals surface area contributed by atoms with Gasteiger partial charge in [-0.2, -0.15) is 4.31 Å². The Kier molecular flexibility index (Phi) is 10.2. The van der Waals surface area contributed by atoms with Crippen LogP contribution in [0.4, 0.5) is 10.5 Å². The molecule has 3 saturated heterocycles. The predicted molar refractivity (Wildman–Crippen MR) is 193 cm³/mol. The molecule has 1 atom stereocenters. The van der Waals surface area contributed by atoms with Crippen LogP contribution < -0.4 is 23.8 Å². The van der Waals surface area contributed by atoms with Crippen molar-refractivity contribution in [2.24, 2.45) is 0 Å². The highest BCUT2D eigenvalue weighted by Crippen LogP contribution is 2.50. The molecule has 0 bridgehead atoms. The van der Waals surface area contributed by atoms with Crippen molar-refractivity contribution < 1.29 is 37.0 Å². The summed E-state index contributed by atoms with van der Waals surface area (Å²) in [5.74, 6) is -0.549. The van der Waals surface area contributed by atoms with Gasteiger partial charge in [0.1, 0.15) is 16.4 Å². The monoisotopic (exact) mass is 754 g/mol. The van der Waals surface area contributed by atoms with Crippen LogP contribution >= 0.6 is 11.6 Å². The lowest BCUT2D eigenvalue weighted by atomic mass is 9.84. The Hall–Kier alpha value is -4.15. The van der Waals surface area contributed by atoms with Crippen LogP contribution in [0.25, 0.3) is 0 Å². The summed E-state index contributed by atoms with van der Waals surface area (Å²) in [6.07, 6.45) is 3.62. The van der Waals surface area contributed by atoms with Gasteiger partial charge in [0.25, 0.3) is 15.9 Å². The van der Waals surface area contributed by atoms with Crippen LogP contribution in [-0.2, 0) is 25.1 Å². The number of hydrogen-bond acceptors (Lipinski definition) is 11. The minimum Gasteiger partial charge on any atom is -0.497 e. The second-order valence-corrected chi connectivity index (χ2v) is 15.4. The Bertz CT molecular complexity index is 1930. The van der Waals surface area contributed by atoms with Crippen LogP contribution in [0.1, 0.15) is 30.9 Å². The molecule has 3 aromatic rings. The molecule has 14 nitrogen and oxygen atoms in total. The molecule has 1 aromatic heterocycles. The molecule has 0 saturated carbocycles. The van der Waals surface area contributed by atoms with Crippen LogP contribution in [0.15, 0.2) is 59.6 Å². The van der Waals surface area contributed by atoms with E-state index in [9.17, 15) is 13.2 Å². The fourth-order valence-corrected chi connectivity index (χ4v) is 9.49. The quantitative estimate of drug-likeness (QED) is 0.326. The number of nitrogens with one attached hydrogen (secondary N) is 1. The third-order valence-electron chi connectivity index (χ3n) is 10.5. The van der Waals surface area contributed by atoms with Gasteiger partial charge in [0, 0.05) is 74.2 Å². The topological polar surface area (TPSA) is 143 Å². The van der Waals surface area contributed by atoms with E-state index in [1.807, 2.05) is 0 Å². The van der Waals surface area contributed by atoms with E-state index in [0.717, 1.165) is 52.2 Å². The zero-order chi connectivity index (χ0) is 36.6. The highest BCUT2D eigenvalue weighted by atomic mass is 35.5. The molecule has 7 rings (SSSR count). The molecular formula is C36H43ClN6O8S. The number of urea groups is 1. The first-order valence-electron chi connectivity index (χ1n) is 17.5. The smallest absolute Gasteiger partial charge is 0.318 e. The number of sulfonamides is 1. The Morgan fingerprint density at radius 1 is 0.981 bits per heavy atom. The van der Waals surface area contributed by atoms with Crippen LogP contribution in [0.5, 0.6) is 17.4 Å². The van der Waals surface area contributed by atoms with Gasteiger partial charge in [-0.1, -0.05) is 11.6 Å². The second kappa shape index (κ2) is 14.7. The van der Waals surface area contributed by atoms with Gasteiger partial charge in [0.05, 0.1) is 45.3 Å². The maximum absolute atomic E-state index is 15.1. The Labute approximate surface area is 308 Å². The number of benzene rings is 2. The number of carbonyl (C=O) groups is 2. The molecule has 0 spiro atoms. The zero-order valence-corrected chi connectivity index (χ0v) is 31.0. The van der Waals surface area contributed by atoms with E-state index in [2.05, 4.69) is 20.1 Å². The summed E-state index contributed by atoms with van der Waals surface area (Å²) in [5, 5.41) is 3.22. The van der Waals surface area contributed by atoms with E-state index < -0.39 is 27.5 Å². The van der Waals surface area contributed by atoms with Crippen molar-refractivity contribution in [3.05, 3.63) is 70.9 Å². The molecule has 16 heteroatoms. The number of nitrogens with zero attached hydrogens (tertiary/aromatic N) is 5. The van der Waals surface area contributed by atoms with Gasteiger partial charge < -0.3 is 29.2 Å². The summed E-state index contributed by atoms with van der Waals surface area (Å²) >= 11 is 6.55. The van der Waals surface area contributed by atoms with Crippen LogP contribution in [0.3, 0.4) is 0 Å². The van der Waals surface area contributed by atoms with Gasteiger partial charge in [-0.15, -0.1) is 0 Å². The zero-order valence-electron chi connectivity index (χ0n) is 29.4. The highest BCUT2D eigenvalue weighted by Gasteiger charge is 2.59. The maximum atomic E-state index is 15.1. The van der Waals surface area contributed by atoms with Crippen molar-refractivity contribution in [3.8, 4) is 17.4 Å². The lowest BCUT2D eigenvalue weighted by molar-refractivity contribution is -0.121. The highest BCUT2D eigenvalue weighted by molar-refractivity contribution is 7.93. The number of aromatic nitrogens is 1. The van der Waals surface area contributed by atoms with E-state index in [1.165, 1.54) is 56.8 Å². The molecule has 0 unspecified atom stereocenters. The van der Waals surface area contributed by atoms with Crippen molar-refractivity contribution in [2.45, 2.75) is 42.3 Å². The predicted octanol–water partition coefficient (Wildman–Crippen LogP) is 3.32. The van der Waals surface area contributed by atoms with Gasteiger partial charge in [0.15, 0.2) is 5.54 Å². The fourth-order valence-electron chi connectivity index (χ4n) is 7.71. The minimum atomic E-state index is -4.65. The molecule has 4 aliphatic rings. The van der Waals surface area contributed by atoms with Gasteiger partial charge in [-0.25, -0.2) is 18.2 Å². The minimum absolute atomic E-state index is 0.0171. The van der Waals surface area contributed by atoms with Crippen molar-refractivity contribution in [2.75, 3.05) is 77.6 Å². The Morgan fingerprint density at radius 3 is 2.40 bits per heavy atom. The number of amides is 3. The molecule has 2 aromatic carbocycles. The van der Waals surface area contributed by atoms with E-state index in [-0.39, 0.29) is 51.0 Å². The Balaban J connectivity index is 1.21. The molecule has 0 aliphatic carbocycles. The maximum Gasteiger partial charge on any atom is 0.318 e. The molecule has 0 radical (unpaired) electrons. The first kappa shape index (κ1) is 36.2. The van der Waals surface area contributed by atoms with Gasteiger partial charge >= 0.3 is 6.03 Å². The molecule has 1 N–H and O–H groups in total. The molecule has 52 heavy (non-hydrogen) atoms. The fraction of sp³-hybridized carbons (Fsp3) is 0.472. The van der Waals surface area contributed by atoms with Crippen molar-refractivity contribution >= 4 is 39.2 Å². The standard InChI is InChI=1S/C36H43ClN6O8S/c1-4-51-33-28(6-5-13-38-33)36(39-35(45)42-22-26(23-42)40-14-11-25(12-15-40)41-16-18-50-19-17-41)29-20-24(37)7-9-30(29)43(34(36)44)52(46,47)32-10-8-27(48-2)21-31(32)49-3/h5-10,13,20-21,25-26H,4,11-12,14-19,22-23H2,1-3H3,(H,39,45)/t36-/m1/s1. The van der Waals surface area contributed by atoms with Gasteiger partial charge in [0.2, 0.25) is 5.88 Å². The Morgan fingerprint density at radius 2 is 1.71 bits per heavy atom. The summed E-state index contributed by atoms with van der Waals surface area (Å²) in [5.41, 5.74) is -1.74. The van der Waals surface area contributed by atoms with Crippen LogP contribution in [0, 0.1) is 0 Å². The SMILES string of the molecule is CCOc1ncccc1[C@]1(NC(=O)N2CC(N3CCC(N4CCOCC4)CC3)C2)C(=O)N(S(=O)(=O)c2ccc(OC)cc2OC)c2ccc(Cl)cc21. The number of hydrogen-bond donors (Lipinski definition) is 1. The largest absolute Gasteiger partial charge is 0.497 e. The molecule has 3 fully saturated rings. The van der Waals surface area contributed by atoms with E-state index in [4.69, 9.17) is 30.5 Å². The number of fused-ring (bicyclic) bond motifs is 1. The number of morpholine rings is 1. The third-order valence-corrected chi connectivity index (χ3v) is 12.4. The van der Waals surface area contributed by atoms with Crippen molar-refractivity contribution in [1.82, 2.24) is 25.0 Å². The first-order chi connectivity index (χ1) is 25.1. The van der Waals surface area contributed by atoms with Gasteiger partial charge in [-0.05, 0) is 62.2 Å². The number of ether oxygens (including phenoxy) is 4. The molecular weight excluding hydrogens is 712 g/mol. The average molecular weight is 755 g/mol. The van der Waals surface area contributed by atoms with Gasteiger partial charge in [-0.3, -0.25) is 14.6 Å². The number of pyridine rings is 1. The van der Waals surface area contributed by atoms with Crippen LogP contribution in [0.2, 0.25) is 5.02 Å². The van der Waals surface area contributed by atoms with E-state index in [0.29, 0.717) is 29.2 Å². The average Bonchev–Trinajstić information content (AvgIpc) is 3.38. The number of rotatable bonds is 10. The molecule has 3 amide bonds.